The fourth-order valence-corrected chi connectivity index (χ4v) is 1.60. The minimum absolute atomic E-state index is 0.0630. The first kappa shape index (κ1) is 11.6. The van der Waals surface area contributed by atoms with Crippen LogP contribution in [0.2, 0.25) is 0 Å². The number of H-pyrrole nitrogens is 1. The number of aromatic amines is 1. The van der Waals surface area contributed by atoms with Gasteiger partial charge in [-0.1, -0.05) is 12.1 Å². The molecule has 2 aromatic rings. The molecule has 88 valence electrons. The van der Waals surface area contributed by atoms with Crippen LogP contribution in [0.1, 0.15) is 11.4 Å². The van der Waals surface area contributed by atoms with Gasteiger partial charge in [0.25, 0.3) is 0 Å². The van der Waals surface area contributed by atoms with Gasteiger partial charge in [-0.25, -0.2) is 13.8 Å². The van der Waals surface area contributed by atoms with Crippen LogP contribution in [-0.4, -0.2) is 15.0 Å². The van der Waals surface area contributed by atoms with Crippen LogP contribution in [0, 0.1) is 16.4 Å². The number of halogens is 2. The standard InChI is InChI=1S/C10H8F2N4S/c11-6-3-1-2-5(8(6)12)4-7-14-9(13)16-10(17)15-7/h1-3H,4H2,(H3,13,14,15,16,17). The Labute approximate surface area is 101 Å². The maximum Gasteiger partial charge on any atom is 0.224 e. The molecule has 0 aliphatic heterocycles. The average molecular weight is 254 g/mol. The Morgan fingerprint density at radius 2 is 2.06 bits per heavy atom. The third kappa shape index (κ3) is 2.62. The molecule has 0 saturated heterocycles. The summed E-state index contributed by atoms with van der Waals surface area (Å²) in [4.78, 5) is 10.2. The van der Waals surface area contributed by atoms with Crippen LogP contribution in [0.5, 0.6) is 0 Å². The molecule has 0 amide bonds. The quantitative estimate of drug-likeness (QED) is 0.804. The highest BCUT2D eigenvalue weighted by molar-refractivity contribution is 7.71. The Bertz CT molecular complexity index is 611. The monoisotopic (exact) mass is 254 g/mol. The van der Waals surface area contributed by atoms with Gasteiger partial charge in [0.05, 0.1) is 0 Å². The number of hydrogen-bond donors (Lipinski definition) is 2. The summed E-state index contributed by atoms with van der Waals surface area (Å²) in [6.07, 6.45) is 0.0694. The van der Waals surface area contributed by atoms with Crippen LogP contribution in [0.15, 0.2) is 18.2 Å². The number of nitrogens with two attached hydrogens (primary N) is 1. The van der Waals surface area contributed by atoms with Crippen LogP contribution in [0.4, 0.5) is 14.7 Å². The summed E-state index contributed by atoms with van der Waals surface area (Å²) in [5, 5.41) is 0. The molecule has 7 heteroatoms. The zero-order chi connectivity index (χ0) is 12.4. The van der Waals surface area contributed by atoms with Crippen molar-refractivity contribution in [2.75, 3.05) is 5.73 Å². The maximum absolute atomic E-state index is 13.4. The summed E-state index contributed by atoms with van der Waals surface area (Å²) in [5.41, 5.74) is 5.61. The minimum Gasteiger partial charge on any atom is -0.369 e. The summed E-state index contributed by atoms with van der Waals surface area (Å²) < 4.78 is 26.4. The number of nitrogen functional groups attached to an aromatic ring is 1. The smallest absolute Gasteiger partial charge is 0.224 e. The van der Waals surface area contributed by atoms with Gasteiger partial charge in [-0.3, -0.25) is 0 Å². The molecule has 4 nitrogen and oxygen atoms in total. The molecular formula is C10H8F2N4S. The molecule has 0 bridgehead atoms. The lowest BCUT2D eigenvalue weighted by atomic mass is 10.1. The fraction of sp³-hybridized carbons (Fsp3) is 0.100. The van der Waals surface area contributed by atoms with E-state index in [0.29, 0.717) is 5.82 Å². The number of hydrogen-bond acceptors (Lipinski definition) is 4. The number of benzene rings is 1. The first-order chi connectivity index (χ1) is 8.06. The molecule has 0 saturated carbocycles. The predicted octanol–water partition coefficient (Wildman–Crippen LogP) is 1.99. The summed E-state index contributed by atoms with van der Waals surface area (Å²) in [6, 6.07) is 3.94. The summed E-state index contributed by atoms with van der Waals surface area (Å²) in [5.74, 6) is -1.36. The Morgan fingerprint density at radius 1 is 1.29 bits per heavy atom. The molecule has 0 radical (unpaired) electrons. The molecule has 2 rings (SSSR count). The van der Waals surface area contributed by atoms with Gasteiger partial charge in [0.2, 0.25) is 10.7 Å². The van der Waals surface area contributed by atoms with Crippen molar-refractivity contribution < 1.29 is 8.78 Å². The van der Waals surface area contributed by atoms with Gasteiger partial charge in [-0.15, -0.1) is 0 Å². The van der Waals surface area contributed by atoms with Crippen molar-refractivity contribution in [1.82, 2.24) is 15.0 Å². The maximum atomic E-state index is 13.4. The Kier molecular flexibility index (Phi) is 3.10. The second-order valence-corrected chi connectivity index (χ2v) is 3.72. The third-order valence-corrected chi connectivity index (χ3v) is 2.29. The van der Waals surface area contributed by atoms with Crippen molar-refractivity contribution in [2.45, 2.75) is 6.42 Å². The molecular weight excluding hydrogens is 246 g/mol. The molecule has 0 spiro atoms. The first-order valence-corrected chi connectivity index (χ1v) is 5.12. The SMILES string of the molecule is Nc1nc(=S)nc(Cc2cccc(F)c2F)[nH]1. The molecule has 1 aromatic carbocycles. The van der Waals surface area contributed by atoms with E-state index >= 15 is 0 Å². The number of rotatable bonds is 2. The van der Waals surface area contributed by atoms with Gasteiger partial charge < -0.3 is 10.7 Å². The highest BCUT2D eigenvalue weighted by atomic mass is 32.1. The van der Waals surface area contributed by atoms with Crippen molar-refractivity contribution in [3.8, 4) is 0 Å². The van der Waals surface area contributed by atoms with Gasteiger partial charge in [-0.05, 0) is 23.8 Å². The lowest BCUT2D eigenvalue weighted by Crippen LogP contribution is -2.05. The molecule has 0 fully saturated rings. The fourth-order valence-electron chi connectivity index (χ4n) is 1.40. The lowest BCUT2D eigenvalue weighted by Gasteiger charge is -2.04. The minimum atomic E-state index is -0.900. The first-order valence-electron chi connectivity index (χ1n) is 4.72. The zero-order valence-electron chi connectivity index (χ0n) is 8.58. The van der Waals surface area contributed by atoms with Crippen LogP contribution in [0.3, 0.4) is 0 Å². The number of anilines is 1. The molecule has 0 aliphatic carbocycles. The van der Waals surface area contributed by atoms with E-state index in [1.165, 1.54) is 12.1 Å². The Morgan fingerprint density at radius 3 is 2.76 bits per heavy atom. The van der Waals surface area contributed by atoms with Crippen molar-refractivity contribution in [3.63, 3.8) is 0 Å². The van der Waals surface area contributed by atoms with E-state index in [2.05, 4.69) is 15.0 Å². The Balaban J connectivity index is 2.38. The van der Waals surface area contributed by atoms with E-state index < -0.39 is 11.6 Å². The van der Waals surface area contributed by atoms with Crippen LogP contribution < -0.4 is 5.73 Å². The molecule has 3 N–H and O–H groups in total. The summed E-state index contributed by atoms with van der Waals surface area (Å²) in [7, 11) is 0. The van der Waals surface area contributed by atoms with Crippen LogP contribution in [0.25, 0.3) is 0 Å². The molecule has 1 heterocycles. The van der Waals surface area contributed by atoms with Crippen molar-refractivity contribution in [3.05, 3.63) is 46.0 Å². The van der Waals surface area contributed by atoms with E-state index in [1.807, 2.05) is 0 Å². The van der Waals surface area contributed by atoms with Gasteiger partial charge in [0.1, 0.15) is 5.82 Å². The Hall–Kier alpha value is -1.89. The summed E-state index contributed by atoms with van der Waals surface area (Å²) in [6.45, 7) is 0. The van der Waals surface area contributed by atoms with E-state index in [1.54, 1.807) is 0 Å². The highest BCUT2D eigenvalue weighted by Gasteiger charge is 2.09. The predicted molar refractivity (Wildman–Crippen MR) is 60.8 cm³/mol. The van der Waals surface area contributed by atoms with E-state index in [0.717, 1.165) is 6.07 Å². The van der Waals surface area contributed by atoms with Gasteiger partial charge in [0, 0.05) is 6.42 Å². The molecule has 0 atom stereocenters. The second kappa shape index (κ2) is 4.54. The van der Waals surface area contributed by atoms with E-state index in [-0.39, 0.29) is 22.7 Å². The average Bonchev–Trinajstić information content (AvgIpc) is 2.23. The number of nitrogens with one attached hydrogen (secondary N) is 1. The molecule has 1 aromatic heterocycles. The summed E-state index contributed by atoms with van der Waals surface area (Å²) >= 11 is 4.77. The van der Waals surface area contributed by atoms with Crippen LogP contribution in [-0.2, 0) is 6.42 Å². The lowest BCUT2D eigenvalue weighted by molar-refractivity contribution is 0.500. The van der Waals surface area contributed by atoms with Crippen LogP contribution >= 0.6 is 12.2 Å². The van der Waals surface area contributed by atoms with Gasteiger partial charge in [-0.2, -0.15) is 4.98 Å². The normalized spacial score (nSPS) is 10.5. The third-order valence-electron chi connectivity index (χ3n) is 2.11. The highest BCUT2D eigenvalue weighted by Crippen LogP contribution is 2.14. The zero-order valence-corrected chi connectivity index (χ0v) is 9.39. The number of aromatic nitrogens is 3. The molecule has 17 heavy (non-hydrogen) atoms. The molecule has 0 aliphatic rings. The van der Waals surface area contributed by atoms with Crippen molar-refractivity contribution in [1.29, 1.82) is 0 Å². The van der Waals surface area contributed by atoms with E-state index in [4.69, 9.17) is 18.0 Å². The molecule has 0 unspecified atom stereocenters. The topological polar surface area (TPSA) is 67.6 Å². The largest absolute Gasteiger partial charge is 0.369 e. The van der Waals surface area contributed by atoms with E-state index in [9.17, 15) is 8.78 Å². The second-order valence-electron chi connectivity index (χ2n) is 3.35. The van der Waals surface area contributed by atoms with Crippen molar-refractivity contribution in [2.24, 2.45) is 0 Å². The number of nitrogens with zero attached hydrogens (tertiary/aromatic N) is 2. The van der Waals surface area contributed by atoms with Gasteiger partial charge >= 0.3 is 0 Å². The van der Waals surface area contributed by atoms with Crippen molar-refractivity contribution >= 4 is 18.2 Å². The van der Waals surface area contributed by atoms with Gasteiger partial charge in [0.15, 0.2) is 11.6 Å².